The van der Waals surface area contributed by atoms with Gasteiger partial charge in [0.1, 0.15) is 18.8 Å². The molecule has 1 aliphatic rings. The van der Waals surface area contributed by atoms with Crippen LogP contribution in [0.3, 0.4) is 0 Å². The van der Waals surface area contributed by atoms with E-state index in [1.807, 2.05) is 30.3 Å². The fourth-order valence-electron chi connectivity index (χ4n) is 3.43. The van der Waals surface area contributed by atoms with Gasteiger partial charge >= 0.3 is 17.9 Å². The summed E-state index contributed by atoms with van der Waals surface area (Å²) in [4.78, 5) is 35.4. The highest BCUT2D eigenvalue weighted by Crippen LogP contribution is 2.30. The molecule has 1 saturated heterocycles. The Morgan fingerprint density at radius 3 is 2.03 bits per heavy atom. The van der Waals surface area contributed by atoms with Crippen LogP contribution in [0.4, 0.5) is 0 Å². The summed E-state index contributed by atoms with van der Waals surface area (Å²) >= 11 is 0. The first-order valence-electron chi connectivity index (χ1n) is 11.4. The second kappa shape index (κ2) is 13.0. The first-order chi connectivity index (χ1) is 16.0. The molecule has 34 heavy (non-hydrogen) atoms. The smallest absolute Gasteiger partial charge is 0.303 e. The summed E-state index contributed by atoms with van der Waals surface area (Å²) in [6, 6.07) is 10.3. The molecule has 0 aromatic heterocycles. The molecule has 0 amide bonds. The molecule has 0 radical (unpaired) electrons. The van der Waals surface area contributed by atoms with Crippen molar-refractivity contribution in [2.75, 3.05) is 13.2 Å². The first-order valence-corrected chi connectivity index (χ1v) is 15.1. The lowest BCUT2D eigenvalue weighted by atomic mass is 9.98. The fraction of sp³-hybridized carbons (Fsp3) is 0.625. The minimum Gasteiger partial charge on any atom is -0.463 e. The Morgan fingerprint density at radius 2 is 1.47 bits per heavy atom. The Bertz CT molecular complexity index is 808. The summed E-state index contributed by atoms with van der Waals surface area (Å²) < 4.78 is 34.5. The fourth-order valence-corrected chi connectivity index (χ4v) is 4.16. The van der Waals surface area contributed by atoms with E-state index in [1.165, 1.54) is 20.8 Å². The summed E-state index contributed by atoms with van der Waals surface area (Å²) in [5, 5.41) is 0. The third kappa shape index (κ3) is 9.53. The number of ether oxygens (including phenoxy) is 6. The molecule has 1 aliphatic heterocycles. The van der Waals surface area contributed by atoms with Crippen molar-refractivity contribution in [1.82, 2.24) is 0 Å². The molecule has 1 heterocycles. The van der Waals surface area contributed by atoms with E-state index in [9.17, 15) is 14.4 Å². The quantitative estimate of drug-likeness (QED) is 0.259. The average molecular weight is 497 g/mol. The zero-order valence-electron chi connectivity index (χ0n) is 20.8. The molecule has 0 bridgehead atoms. The summed E-state index contributed by atoms with van der Waals surface area (Å²) in [5.41, 5.74) is 0.880. The van der Waals surface area contributed by atoms with Gasteiger partial charge < -0.3 is 28.4 Å². The number of hydrogen-bond acceptors (Lipinski definition) is 9. The summed E-state index contributed by atoms with van der Waals surface area (Å²) in [7, 11) is -1.41. The van der Waals surface area contributed by atoms with Crippen LogP contribution in [-0.2, 0) is 49.4 Å². The van der Waals surface area contributed by atoms with E-state index in [1.54, 1.807) is 0 Å². The van der Waals surface area contributed by atoms with E-state index < -0.39 is 56.7 Å². The minimum atomic E-state index is -1.41. The second-order valence-corrected chi connectivity index (χ2v) is 15.1. The molecule has 190 valence electrons. The van der Waals surface area contributed by atoms with Crippen LogP contribution >= 0.6 is 0 Å². The van der Waals surface area contributed by atoms with Crippen LogP contribution in [-0.4, -0.2) is 69.9 Å². The number of benzene rings is 1. The Kier molecular flexibility index (Phi) is 10.7. The van der Waals surface area contributed by atoms with E-state index in [4.69, 9.17) is 28.4 Å². The lowest BCUT2D eigenvalue weighted by Crippen LogP contribution is -2.62. The Hall–Kier alpha value is -2.27. The van der Waals surface area contributed by atoms with Gasteiger partial charge in [-0.05, 0) is 11.6 Å². The lowest BCUT2D eigenvalue weighted by Gasteiger charge is -2.44. The molecular formula is C24H36O9Si. The molecule has 0 saturated carbocycles. The van der Waals surface area contributed by atoms with Crippen molar-refractivity contribution in [1.29, 1.82) is 0 Å². The maximum Gasteiger partial charge on any atom is 0.303 e. The number of carbonyl (C=O) groups excluding carboxylic acids is 3. The zero-order valence-corrected chi connectivity index (χ0v) is 21.8. The van der Waals surface area contributed by atoms with Gasteiger partial charge in [-0.15, -0.1) is 0 Å². The number of hydrogen-bond donors (Lipinski definition) is 0. The van der Waals surface area contributed by atoms with Crippen molar-refractivity contribution in [3.63, 3.8) is 0 Å². The highest BCUT2D eigenvalue weighted by Gasteiger charge is 2.51. The predicted molar refractivity (Wildman–Crippen MR) is 126 cm³/mol. The molecule has 0 spiro atoms. The number of carbonyl (C=O) groups is 3. The molecule has 0 unspecified atom stereocenters. The van der Waals surface area contributed by atoms with Crippen LogP contribution < -0.4 is 0 Å². The van der Waals surface area contributed by atoms with Crippen LogP contribution in [0, 0.1) is 0 Å². The van der Waals surface area contributed by atoms with Crippen LogP contribution in [0.25, 0.3) is 0 Å². The van der Waals surface area contributed by atoms with Crippen molar-refractivity contribution in [3.8, 4) is 0 Å². The maximum atomic E-state index is 12.0. The maximum absolute atomic E-state index is 12.0. The van der Waals surface area contributed by atoms with E-state index in [0.717, 1.165) is 11.6 Å². The molecule has 1 fully saturated rings. The van der Waals surface area contributed by atoms with Gasteiger partial charge in [0.15, 0.2) is 18.5 Å². The molecule has 2 rings (SSSR count). The largest absolute Gasteiger partial charge is 0.463 e. The monoisotopic (exact) mass is 496 g/mol. The van der Waals surface area contributed by atoms with Gasteiger partial charge in [0.2, 0.25) is 0 Å². The molecule has 10 heteroatoms. The second-order valence-electron chi connectivity index (χ2n) is 9.44. The van der Waals surface area contributed by atoms with Gasteiger partial charge in [-0.1, -0.05) is 50.0 Å². The van der Waals surface area contributed by atoms with Crippen LogP contribution in [0.2, 0.25) is 25.7 Å². The van der Waals surface area contributed by atoms with Gasteiger partial charge in [-0.2, -0.15) is 0 Å². The van der Waals surface area contributed by atoms with E-state index in [-0.39, 0.29) is 13.2 Å². The first kappa shape index (κ1) is 28.0. The van der Waals surface area contributed by atoms with Crippen LogP contribution in [0.5, 0.6) is 0 Å². The molecule has 5 atom stereocenters. The van der Waals surface area contributed by atoms with Crippen molar-refractivity contribution in [3.05, 3.63) is 35.9 Å². The van der Waals surface area contributed by atoms with Crippen molar-refractivity contribution >= 4 is 26.0 Å². The van der Waals surface area contributed by atoms with Crippen LogP contribution in [0.15, 0.2) is 30.3 Å². The van der Waals surface area contributed by atoms with Gasteiger partial charge in [-0.3, -0.25) is 14.4 Å². The van der Waals surface area contributed by atoms with E-state index in [2.05, 4.69) is 19.6 Å². The number of rotatable bonds is 11. The predicted octanol–water partition coefficient (Wildman–Crippen LogP) is 3.08. The topological polar surface area (TPSA) is 107 Å². The normalized spacial score (nSPS) is 24.8. The highest BCUT2D eigenvalue weighted by molar-refractivity contribution is 6.76. The third-order valence-corrected chi connectivity index (χ3v) is 6.77. The molecule has 1 aromatic carbocycles. The van der Waals surface area contributed by atoms with Gasteiger partial charge in [0.05, 0.1) is 6.61 Å². The summed E-state index contributed by atoms with van der Waals surface area (Å²) in [5.74, 6) is -1.64. The number of esters is 3. The summed E-state index contributed by atoms with van der Waals surface area (Å²) in [6.07, 6.45) is -4.78. The Morgan fingerprint density at radius 1 is 0.853 bits per heavy atom. The SMILES string of the molecule is CC(=O)OC[C@H]1O[C@@H](OCC[Si](C)(C)C)[C@H](OC(C)=O)[C@@H](OCc2ccccc2)[C@@H]1OC(C)=O. The Labute approximate surface area is 202 Å². The molecule has 9 nitrogen and oxygen atoms in total. The standard InChI is InChI=1S/C24H36O9Si/c1-16(25)29-15-20-21(31-17(2)26)22(30-14-19-10-8-7-9-11-19)23(32-18(3)27)24(33-20)28-12-13-34(4,5)6/h7-11,20-24H,12-15H2,1-6H3/t20-,21-,22+,23-,24-/m1/s1. The molecule has 0 aliphatic carbocycles. The minimum absolute atomic E-state index is 0.170. The molecule has 0 N–H and O–H groups in total. The van der Waals surface area contributed by atoms with E-state index >= 15 is 0 Å². The van der Waals surface area contributed by atoms with Crippen molar-refractivity contribution < 1.29 is 42.8 Å². The van der Waals surface area contributed by atoms with Gasteiger partial charge in [-0.25, -0.2) is 0 Å². The lowest BCUT2D eigenvalue weighted by molar-refractivity contribution is -0.312. The van der Waals surface area contributed by atoms with Crippen LogP contribution in [0.1, 0.15) is 26.3 Å². The average Bonchev–Trinajstić information content (AvgIpc) is 2.72. The van der Waals surface area contributed by atoms with Gasteiger partial charge in [0, 0.05) is 35.5 Å². The van der Waals surface area contributed by atoms with Crippen molar-refractivity contribution in [2.45, 2.75) is 83.8 Å². The van der Waals surface area contributed by atoms with Crippen molar-refractivity contribution in [2.24, 2.45) is 0 Å². The molecule has 1 aromatic rings. The Balaban J connectivity index is 2.35. The van der Waals surface area contributed by atoms with Gasteiger partial charge in [0.25, 0.3) is 0 Å². The zero-order chi connectivity index (χ0) is 25.3. The summed E-state index contributed by atoms with van der Waals surface area (Å²) in [6.45, 7) is 10.8. The molecular weight excluding hydrogens is 460 g/mol. The van der Waals surface area contributed by atoms with E-state index in [0.29, 0.717) is 6.61 Å². The third-order valence-electron chi connectivity index (χ3n) is 5.07. The highest BCUT2D eigenvalue weighted by atomic mass is 28.3.